The van der Waals surface area contributed by atoms with Crippen molar-refractivity contribution in [3.05, 3.63) is 35.0 Å². The molecule has 0 amide bonds. The summed E-state index contributed by atoms with van der Waals surface area (Å²) in [6.07, 6.45) is 0. The van der Waals surface area contributed by atoms with Crippen LogP contribution in [0.15, 0.2) is 24.3 Å². The Hall–Kier alpha value is -1.65. The smallest absolute Gasteiger partial charge is 0.160 e. The Balaban J connectivity index is 2.09. The normalized spacial score (nSPS) is 11.9. The third-order valence-corrected chi connectivity index (χ3v) is 4.60. The zero-order valence-corrected chi connectivity index (χ0v) is 14.1. The van der Waals surface area contributed by atoms with Gasteiger partial charge < -0.3 is 4.90 Å². The van der Waals surface area contributed by atoms with Gasteiger partial charge in [0, 0.05) is 11.9 Å². The Kier molecular flexibility index (Phi) is 4.32. The fraction of sp³-hybridized carbons (Fsp3) is 0.412. The van der Waals surface area contributed by atoms with Crippen molar-refractivity contribution in [1.82, 2.24) is 19.7 Å². The summed E-state index contributed by atoms with van der Waals surface area (Å²) < 4.78 is 1.99. The molecular formula is C17H21ClN4. The maximum Gasteiger partial charge on any atom is 0.160 e. The highest BCUT2D eigenvalue weighted by molar-refractivity contribution is 6.40. The molecule has 3 rings (SSSR count). The molecule has 0 saturated carbocycles. The molecule has 0 aliphatic heterocycles. The van der Waals surface area contributed by atoms with Crippen molar-refractivity contribution in [3.8, 4) is 0 Å². The Morgan fingerprint density at radius 2 is 1.91 bits per heavy atom. The van der Waals surface area contributed by atoms with Gasteiger partial charge in [-0.25, -0.2) is 9.67 Å². The van der Waals surface area contributed by atoms with Crippen LogP contribution in [0.5, 0.6) is 0 Å². The zero-order valence-electron chi connectivity index (χ0n) is 13.3. The summed E-state index contributed by atoms with van der Waals surface area (Å²) in [5.41, 5.74) is 2.75. The number of halogens is 1. The second-order valence-electron chi connectivity index (χ2n) is 5.48. The molecule has 0 radical (unpaired) electrons. The number of fused-ring (bicyclic) bond motifs is 2. The van der Waals surface area contributed by atoms with Crippen molar-refractivity contribution in [2.45, 2.75) is 27.3 Å². The average Bonchev–Trinajstić information content (AvgIpc) is 2.85. The fourth-order valence-corrected chi connectivity index (χ4v) is 3.26. The van der Waals surface area contributed by atoms with Gasteiger partial charge >= 0.3 is 0 Å². The van der Waals surface area contributed by atoms with Crippen LogP contribution in [0, 0.1) is 6.92 Å². The minimum atomic E-state index is 0.757. The molecule has 0 spiro atoms. The maximum atomic E-state index is 6.61. The van der Waals surface area contributed by atoms with Gasteiger partial charge in [-0.3, -0.25) is 0 Å². The summed E-state index contributed by atoms with van der Waals surface area (Å²) in [6, 6.07) is 7.98. The van der Waals surface area contributed by atoms with Gasteiger partial charge in [-0.15, -0.1) is 0 Å². The topological polar surface area (TPSA) is 34.0 Å². The fourth-order valence-electron chi connectivity index (χ4n) is 2.88. The minimum absolute atomic E-state index is 0.757. The number of para-hydroxylation sites is 1. The molecule has 5 heteroatoms. The summed E-state index contributed by atoms with van der Waals surface area (Å²) in [5.74, 6) is 0. The van der Waals surface area contributed by atoms with E-state index in [0.29, 0.717) is 0 Å². The lowest BCUT2D eigenvalue weighted by molar-refractivity contribution is 0.286. The van der Waals surface area contributed by atoms with Crippen molar-refractivity contribution in [2.24, 2.45) is 0 Å². The van der Waals surface area contributed by atoms with E-state index in [1.807, 2.05) is 35.9 Å². The van der Waals surface area contributed by atoms with Crippen molar-refractivity contribution >= 4 is 33.5 Å². The number of pyridine rings is 1. The van der Waals surface area contributed by atoms with Gasteiger partial charge in [0.05, 0.1) is 28.2 Å². The molecular weight excluding hydrogens is 296 g/mol. The van der Waals surface area contributed by atoms with Crippen LogP contribution in [0.25, 0.3) is 21.9 Å². The average molecular weight is 317 g/mol. The van der Waals surface area contributed by atoms with E-state index >= 15 is 0 Å². The van der Waals surface area contributed by atoms with Crippen LogP contribution >= 0.6 is 11.6 Å². The first-order chi connectivity index (χ1) is 10.7. The van der Waals surface area contributed by atoms with Gasteiger partial charge in [0.25, 0.3) is 0 Å². The van der Waals surface area contributed by atoms with E-state index in [1.165, 1.54) is 0 Å². The van der Waals surface area contributed by atoms with Gasteiger partial charge in [0.1, 0.15) is 0 Å². The van der Waals surface area contributed by atoms with Crippen LogP contribution in [0.4, 0.5) is 0 Å². The zero-order chi connectivity index (χ0) is 15.7. The highest BCUT2D eigenvalue weighted by atomic mass is 35.5. The Morgan fingerprint density at radius 3 is 2.64 bits per heavy atom. The van der Waals surface area contributed by atoms with Crippen molar-refractivity contribution in [1.29, 1.82) is 0 Å². The second kappa shape index (κ2) is 6.23. The molecule has 2 heterocycles. The van der Waals surface area contributed by atoms with Crippen LogP contribution in [0.3, 0.4) is 0 Å². The largest absolute Gasteiger partial charge is 0.302 e. The second-order valence-corrected chi connectivity index (χ2v) is 5.85. The standard InChI is InChI=1S/C17H21ClN4/c1-4-21(5-2)10-11-22-17-15(12(3)20-22)16(18)13-8-6-7-9-14(13)19-17/h6-9H,4-5,10-11H2,1-3H3. The SMILES string of the molecule is CCN(CC)CCn1nc(C)c2c(Cl)c3ccccc3nc21. The molecule has 116 valence electrons. The summed E-state index contributed by atoms with van der Waals surface area (Å²) in [4.78, 5) is 7.17. The van der Waals surface area contributed by atoms with Crippen LogP contribution in [0.2, 0.25) is 5.02 Å². The van der Waals surface area contributed by atoms with Gasteiger partial charge in [0.2, 0.25) is 0 Å². The van der Waals surface area contributed by atoms with Crippen molar-refractivity contribution in [2.75, 3.05) is 19.6 Å². The van der Waals surface area contributed by atoms with Gasteiger partial charge in [-0.2, -0.15) is 5.10 Å². The van der Waals surface area contributed by atoms with E-state index in [9.17, 15) is 0 Å². The van der Waals surface area contributed by atoms with Crippen LogP contribution in [0.1, 0.15) is 19.5 Å². The Bertz CT molecular complexity index is 805. The number of likely N-dealkylation sites (N-methyl/N-ethyl adjacent to an activating group) is 1. The first kappa shape index (κ1) is 15.3. The molecule has 3 aromatic rings. The molecule has 4 nitrogen and oxygen atoms in total. The molecule has 0 N–H and O–H groups in total. The monoisotopic (exact) mass is 316 g/mol. The third-order valence-electron chi connectivity index (χ3n) is 4.21. The first-order valence-electron chi connectivity index (χ1n) is 7.79. The summed E-state index contributed by atoms with van der Waals surface area (Å²) in [6.45, 7) is 10.2. The van der Waals surface area contributed by atoms with E-state index in [0.717, 1.165) is 58.8 Å². The quantitative estimate of drug-likeness (QED) is 0.716. The van der Waals surface area contributed by atoms with Crippen LogP contribution in [-0.2, 0) is 6.54 Å². The molecule has 1 aromatic carbocycles. The third kappa shape index (κ3) is 2.57. The van der Waals surface area contributed by atoms with Gasteiger partial charge in [-0.05, 0) is 26.1 Å². The lowest BCUT2D eigenvalue weighted by atomic mass is 10.1. The van der Waals surface area contributed by atoms with E-state index in [1.54, 1.807) is 0 Å². The predicted octanol–water partition coefficient (Wildman–Crippen LogP) is 3.89. The van der Waals surface area contributed by atoms with E-state index in [2.05, 4.69) is 23.8 Å². The number of aromatic nitrogens is 3. The lowest BCUT2D eigenvalue weighted by Crippen LogP contribution is -2.27. The molecule has 0 bridgehead atoms. The summed E-state index contributed by atoms with van der Waals surface area (Å²) in [5, 5.41) is 7.37. The number of benzene rings is 1. The number of hydrogen-bond acceptors (Lipinski definition) is 3. The van der Waals surface area contributed by atoms with Crippen molar-refractivity contribution < 1.29 is 0 Å². The van der Waals surface area contributed by atoms with Crippen LogP contribution < -0.4 is 0 Å². The predicted molar refractivity (Wildman–Crippen MR) is 92.6 cm³/mol. The highest BCUT2D eigenvalue weighted by Crippen LogP contribution is 2.32. The summed E-state index contributed by atoms with van der Waals surface area (Å²) in [7, 11) is 0. The number of hydrogen-bond donors (Lipinski definition) is 0. The molecule has 0 aliphatic carbocycles. The number of aryl methyl sites for hydroxylation is 1. The minimum Gasteiger partial charge on any atom is -0.302 e. The molecule has 0 fully saturated rings. The lowest BCUT2D eigenvalue weighted by Gasteiger charge is -2.17. The number of nitrogens with zero attached hydrogens (tertiary/aromatic N) is 4. The molecule has 22 heavy (non-hydrogen) atoms. The van der Waals surface area contributed by atoms with E-state index in [-0.39, 0.29) is 0 Å². The molecule has 2 aromatic heterocycles. The molecule has 0 saturated heterocycles. The molecule has 0 aliphatic rings. The number of rotatable bonds is 5. The van der Waals surface area contributed by atoms with Gasteiger partial charge in [0.15, 0.2) is 5.65 Å². The highest BCUT2D eigenvalue weighted by Gasteiger charge is 2.15. The maximum absolute atomic E-state index is 6.61. The molecule has 0 unspecified atom stereocenters. The van der Waals surface area contributed by atoms with Crippen molar-refractivity contribution in [3.63, 3.8) is 0 Å². The van der Waals surface area contributed by atoms with E-state index < -0.39 is 0 Å². The van der Waals surface area contributed by atoms with Crippen LogP contribution in [-0.4, -0.2) is 39.3 Å². The van der Waals surface area contributed by atoms with Gasteiger partial charge in [-0.1, -0.05) is 43.6 Å². The Morgan fingerprint density at radius 1 is 1.18 bits per heavy atom. The molecule has 0 atom stereocenters. The summed E-state index contributed by atoms with van der Waals surface area (Å²) >= 11 is 6.61. The first-order valence-corrected chi connectivity index (χ1v) is 8.17. The Labute approximate surface area is 135 Å². The van der Waals surface area contributed by atoms with E-state index in [4.69, 9.17) is 16.6 Å².